The topological polar surface area (TPSA) is 0 Å². The van der Waals surface area contributed by atoms with Gasteiger partial charge in [0.05, 0.1) is 8.07 Å². The first-order valence-corrected chi connectivity index (χ1v) is 15.9. The zero-order chi connectivity index (χ0) is 21.8. The number of aryl methyl sites for hydroxylation is 3. The second kappa shape index (κ2) is 21.5. The quantitative estimate of drug-likeness (QED) is 0.142. The molecule has 0 fully saturated rings. The summed E-state index contributed by atoms with van der Waals surface area (Å²) in [7, 11) is -1.67. The first-order valence-electron chi connectivity index (χ1n) is 12.9. The molecule has 0 saturated carbocycles. The molecule has 0 heterocycles. The molecular formula is C29H47Cl3SiTi. The summed E-state index contributed by atoms with van der Waals surface area (Å²) < 4.78 is 0. The second-order valence-electron chi connectivity index (χ2n) is 9.85. The maximum Gasteiger partial charge on any atom is 4.00 e. The number of rotatable bonds is 15. The summed E-state index contributed by atoms with van der Waals surface area (Å²) in [4.78, 5) is 0. The van der Waals surface area contributed by atoms with Crippen molar-refractivity contribution in [2.45, 2.75) is 117 Å². The number of unbranched alkanes of at least 4 members (excludes halogenated alkanes) is 7. The fourth-order valence-corrected chi connectivity index (χ4v) is 7.66. The van der Waals surface area contributed by atoms with Crippen molar-refractivity contribution in [1.82, 2.24) is 0 Å². The predicted molar refractivity (Wildman–Crippen MR) is 140 cm³/mol. The summed E-state index contributed by atoms with van der Waals surface area (Å²) in [5, 5.41) is 3.33. The van der Waals surface area contributed by atoms with Crippen LogP contribution in [0.15, 0.2) is 36.4 Å². The maximum absolute atomic E-state index is 2.59. The molecular weight excluding hydrogens is 531 g/mol. The first kappa shape index (κ1) is 38.9. The van der Waals surface area contributed by atoms with E-state index < -0.39 is 8.07 Å². The van der Waals surface area contributed by atoms with Crippen LogP contribution in [0.3, 0.4) is 0 Å². The third-order valence-corrected chi connectivity index (χ3v) is 10.4. The Kier molecular flexibility index (Phi) is 24.5. The Morgan fingerprint density at radius 3 is 1.62 bits per heavy atom. The van der Waals surface area contributed by atoms with Gasteiger partial charge in [0.1, 0.15) is 0 Å². The molecule has 0 N–H and O–H groups in total. The Labute approximate surface area is 246 Å². The Bertz CT molecular complexity index is 712. The number of benzene rings is 1. The van der Waals surface area contributed by atoms with Gasteiger partial charge in [0, 0.05) is 0 Å². The van der Waals surface area contributed by atoms with Crippen LogP contribution in [0.4, 0.5) is 0 Å². The van der Waals surface area contributed by atoms with Crippen molar-refractivity contribution < 1.29 is 58.9 Å². The van der Waals surface area contributed by atoms with Gasteiger partial charge in [0.25, 0.3) is 0 Å². The van der Waals surface area contributed by atoms with Crippen LogP contribution in [0.25, 0.3) is 0 Å². The molecule has 0 nitrogen and oxygen atoms in total. The van der Waals surface area contributed by atoms with Gasteiger partial charge in [0.15, 0.2) is 0 Å². The summed E-state index contributed by atoms with van der Waals surface area (Å²) in [6, 6.07) is 14.8. The minimum atomic E-state index is -1.67. The van der Waals surface area contributed by atoms with Crippen molar-refractivity contribution in [3.63, 3.8) is 0 Å². The van der Waals surface area contributed by atoms with E-state index in [1.807, 2.05) is 0 Å². The van der Waals surface area contributed by atoms with Crippen LogP contribution in [0.1, 0.15) is 102 Å². The fourth-order valence-electron chi connectivity index (χ4n) is 4.73. The molecule has 2 rings (SSSR count). The van der Waals surface area contributed by atoms with Crippen LogP contribution in [0, 0.1) is 0 Å². The smallest absolute Gasteiger partial charge is 1.00 e. The maximum atomic E-state index is 2.59. The molecule has 0 bridgehead atoms. The molecule has 0 atom stereocenters. The molecule has 0 saturated heterocycles. The largest absolute Gasteiger partial charge is 4.00 e. The average molecular weight is 578 g/mol. The summed E-state index contributed by atoms with van der Waals surface area (Å²) in [5.74, 6) is 0. The Balaban J connectivity index is -0.00000240. The van der Waals surface area contributed by atoms with Crippen molar-refractivity contribution in [2.24, 2.45) is 0 Å². The molecule has 192 valence electrons. The van der Waals surface area contributed by atoms with Gasteiger partial charge in [-0.25, -0.2) is 12.1 Å². The third kappa shape index (κ3) is 12.6. The third-order valence-electron chi connectivity index (χ3n) is 6.79. The van der Waals surface area contributed by atoms with Crippen molar-refractivity contribution in [3.05, 3.63) is 53.1 Å². The normalized spacial score (nSPS) is 10.5. The first-order chi connectivity index (χ1) is 14.5. The van der Waals surface area contributed by atoms with E-state index in [-0.39, 0.29) is 58.9 Å². The van der Waals surface area contributed by atoms with E-state index in [2.05, 4.69) is 70.3 Å². The summed E-state index contributed by atoms with van der Waals surface area (Å²) in [6.07, 6.45) is 17.2. The van der Waals surface area contributed by atoms with Crippen LogP contribution in [-0.4, -0.2) is 8.07 Å². The van der Waals surface area contributed by atoms with Crippen molar-refractivity contribution in [1.29, 1.82) is 0 Å². The summed E-state index contributed by atoms with van der Waals surface area (Å²) in [5.41, 5.74) is 4.80. The van der Waals surface area contributed by atoms with Gasteiger partial charge in [-0.2, -0.15) is 16.8 Å². The fraction of sp³-hybridized carbons (Fsp3) is 0.621. The van der Waals surface area contributed by atoms with E-state index in [0.29, 0.717) is 0 Å². The van der Waals surface area contributed by atoms with E-state index in [9.17, 15) is 0 Å². The molecule has 0 aromatic heterocycles. The van der Waals surface area contributed by atoms with E-state index in [4.69, 9.17) is 0 Å². The van der Waals surface area contributed by atoms with Crippen LogP contribution < -0.4 is 47.6 Å². The molecule has 0 aliphatic rings. The number of hydrogen-bond acceptors (Lipinski definition) is 0. The SMILES string of the molecule is CCCCCCc1cc(CCCCCC)cc([Si](C)(C)[c-]2cccc2CCCC)c1.[Cl-].[Cl-].[Cl-].[Ti+4]. The van der Waals surface area contributed by atoms with E-state index in [0.717, 1.165) is 0 Å². The average Bonchev–Trinajstić information content (AvgIpc) is 3.22. The van der Waals surface area contributed by atoms with Gasteiger partial charge in [-0.1, -0.05) is 115 Å². The minimum absolute atomic E-state index is 0. The van der Waals surface area contributed by atoms with Gasteiger partial charge in [-0.15, -0.1) is 0 Å². The van der Waals surface area contributed by atoms with Crippen LogP contribution in [0.5, 0.6) is 0 Å². The van der Waals surface area contributed by atoms with Gasteiger partial charge in [-0.05, 0) is 36.8 Å². The predicted octanol–water partition coefficient (Wildman–Crippen LogP) is -1.17. The van der Waals surface area contributed by atoms with Crippen molar-refractivity contribution in [2.75, 3.05) is 0 Å². The van der Waals surface area contributed by atoms with E-state index in [1.54, 1.807) is 27.1 Å². The summed E-state index contributed by atoms with van der Waals surface area (Å²) in [6.45, 7) is 12.1. The molecule has 0 aliphatic heterocycles. The van der Waals surface area contributed by atoms with Gasteiger partial charge >= 0.3 is 21.7 Å². The Morgan fingerprint density at radius 2 is 1.15 bits per heavy atom. The standard InChI is InChI=1S/C29H47Si.3ClH.Ti/c1-6-9-12-14-17-25-22-26(18-15-13-10-7-2)24-28(23-25)30(4,5)29-21-16-20-27(29)19-11-8-3;;;;/h16,20-24H,6-15,17-19H2,1-5H3;3*1H;/q-1;;;;+4/p-3. The zero-order valence-corrected chi connectivity index (χ0v) is 27.1. The molecule has 0 amide bonds. The minimum Gasteiger partial charge on any atom is -1.00 e. The number of halogens is 3. The molecule has 2 aromatic carbocycles. The number of hydrogen-bond donors (Lipinski definition) is 0. The van der Waals surface area contributed by atoms with Crippen molar-refractivity contribution in [3.8, 4) is 0 Å². The van der Waals surface area contributed by atoms with Crippen LogP contribution in [0.2, 0.25) is 13.1 Å². The van der Waals surface area contributed by atoms with Gasteiger partial charge in [-0.3, -0.25) is 0 Å². The second-order valence-corrected chi connectivity index (χ2v) is 14.2. The molecule has 5 heteroatoms. The van der Waals surface area contributed by atoms with Crippen LogP contribution in [-0.2, 0) is 41.0 Å². The monoisotopic (exact) mass is 576 g/mol. The molecule has 0 unspecified atom stereocenters. The van der Waals surface area contributed by atoms with Crippen LogP contribution >= 0.6 is 0 Å². The molecule has 0 aliphatic carbocycles. The molecule has 0 spiro atoms. The molecule has 2 aromatic rings. The van der Waals surface area contributed by atoms with E-state index >= 15 is 0 Å². The van der Waals surface area contributed by atoms with Gasteiger partial charge in [0.2, 0.25) is 0 Å². The molecule has 0 radical (unpaired) electrons. The Morgan fingerprint density at radius 1 is 0.647 bits per heavy atom. The molecule has 34 heavy (non-hydrogen) atoms. The Hall–Kier alpha value is 0.371. The van der Waals surface area contributed by atoms with Gasteiger partial charge < -0.3 is 37.2 Å². The van der Waals surface area contributed by atoms with E-state index in [1.165, 1.54) is 83.5 Å². The zero-order valence-electron chi connectivity index (χ0n) is 22.3. The summed E-state index contributed by atoms with van der Waals surface area (Å²) >= 11 is 0. The van der Waals surface area contributed by atoms with Crippen molar-refractivity contribution >= 4 is 18.4 Å².